The zero-order valence-electron chi connectivity index (χ0n) is 13.7. The molecule has 126 valence electrons. The molecule has 2 unspecified atom stereocenters. The summed E-state index contributed by atoms with van der Waals surface area (Å²) in [7, 11) is 0. The summed E-state index contributed by atoms with van der Waals surface area (Å²) < 4.78 is 13.3. The van der Waals surface area contributed by atoms with Crippen LogP contribution in [0.25, 0.3) is 0 Å². The summed E-state index contributed by atoms with van der Waals surface area (Å²) >= 11 is 0. The maximum atomic E-state index is 13.3. The minimum absolute atomic E-state index is 0.0278. The molecule has 2 atom stereocenters. The van der Waals surface area contributed by atoms with Gasteiger partial charge in [0.2, 0.25) is 5.91 Å². The quantitative estimate of drug-likeness (QED) is 0.917. The van der Waals surface area contributed by atoms with Gasteiger partial charge in [-0.05, 0) is 31.5 Å². The molecule has 1 aromatic carbocycles. The molecule has 0 radical (unpaired) electrons. The van der Waals surface area contributed by atoms with Gasteiger partial charge in [0.15, 0.2) is 0 Å². The number of rotatable bonds is 3. The lowest BCUT2D eigenvalue weighted by molar-refractivity contribution is -0.135. The Labute approximate surface area is 136 Å². The van der Waals surface area contributed by atoms with Crippen molar-refractivity contribution in [2.24, 2.45) is 11.7 Å². The van der Waals surface area contributed by atoms with E-state index in [1.54, 1.807) is 15.9 Å². The number of hydrogen-bond acceptors (Lipinski definition) is 3. The second kappa shape index (κ2) is 7.55. The van der Waals surface area contributed by atoms with Crippen molar-refractivity contribution in [2.75, 3.05) is 26.2 Å². The van der Waals surface area contributed by atoms with Crippen molar-refractivity contribution in [1.82, 2.24) is 9.80 Å². The molecule has 1 aliphatic rings. The van der Waals surface area contributed by atoms with Gasteiger partial charge in [0, 0.05) is 37.8 Å². The zero-order chi connectivity index (χ0) is 17.0. The summed E-state index contributed by atoms with van der Waals surface area (Å²) in [5.41, 5.74) is 6.14. The number of carbonyl (C=O) groups is 2. The van der Waals surface area contributed by atoms with Crippen LogP contribution in [0, 0.1) is 11.7 Å². The lowest BCUT2D eigenvalue weighted by Crippen LogP contribution is -2.43. The largest absolute Gasteiger partial charge is 0.341 e. The molecule has 1 saturated heterocycles. The fourth-order valence-electron chi connectivity index (χ4n) is 2.66. The van der Waals surface area contributed by atoms with Crippen molar-refractivity contribution in [2.45, 2.75) is 26.3 Å². The molecule has 1 aliphatic heterocycles. The van der Waals surface area contributed by atoms with Crippen LogP contribution in [0.1, 0.15) is 30.6 Å². The summed E-state index contributed by atoms with van der Waals surface area (Å²) in [6.45, 7) is 5.76. The number of benzene rings is 1. The predicted octanol–water partition coefficient (Wildman–Crippen LogP) is 1.48. The number of nitrogens with zero attached hydrogens (tertiary/aromatic N) is 2. The first-order valence-corrected chi connectivity index (χ1v) is 7.99. The van der Waals surface area contributed by atoms with Crippen molar-refractivity contribution in [3.63, 3.8) is 0 Å². The topological polar surface area (TPSA) is 66.6 Å². The van der Waals surface area contributed by atoms with Crippen LogP contribution in [0.15, 0.2) is 24.3 Å². The van der Waals surface area contributed by atoms with E-state index in [-0.39, 0.29) is 23.8 Å². The SMILES string of the molecule is CC(N)C(C)C(=O)N1CCCN(C(=O)c2cccc(F)c2)CC1. The Bertz CT molecular complexity index is 577. The summed E-state index contributed by atoms with van der Waals surface area (Å²) in [4.78, 5) is 28.3. The van der Waals surface area contributed by atoms with Crippen LogP contribution in [0.4, 0.5) is 4.39 Å². The summed E-state index contributed by atoms with van der Waals surface area (Å²) in [6.07, 6.45) is 0.707. The highest BCUT2D eigenvalue weighted by atomic mass is 19.1. The Hall–Kier alpha value is -1.95. The highest BCUT2D eigenvalue weighted by Gasteiger charge is 2.27. The van der Waals surface area contributed by atoms with E-state index in [4.69, 9.17) is 5.73 Å². The van der Waals surface area contributed by atoms with Crippen LogP contribution in [-0.2, 0) is 4.79 Å². The first kappa shape index (κ1) is 17.4. The molecule has 0 bridgehead atoms. The smallest absolute Gasteiger partial charge is 0.254 e. The normalized spacial score (nSPS) is 18.3. The van der Waals surface area contributed by atoms with Crippen LogP contribution < -0.4 is 5.73 Å². The molecular formula is C17H24FN3O2. The molecule has 0 saturated carbocycles. The number of carbonyl (C=O) groups excluding carboxylic acids is 2. The minimum Gasteiger partial charge on any atom is -0.341 e. The molecule has 1 fully saturated rings. The lowest BCUT2D eigenvalue weighted by Gasteiger charge is -2.26. The maximum Gasteiger partial charge on any atom is 0.254 e. The van der Waals surface area contributed by atoms with Gasteiger partial charge in [-0.3, -0.25) is 9.59 Å². The Morgan fingerprint density at radius 3 is 2.43 bits per heavy atom. The highest BCUT2D eigenvalue weighted by molar-refractivity contribution is 5.94. The van der Waals surface area contributed by atoms with Gasteiger partial charge < -0.3 is 15.5 Å². The third kappa shape index (κ3) is 4.28. The van der Waals surface area contributed by atoms with Gasteiger partial charge in [-0.2, -0.15) is 0 Å². The van der Waals surface area contributed by atoms with Gasteiger partial charge in [0.1, 0.15) is 5.82 Å². The van der Waals surface area contributed by atoms with E-state index in [9.17, 15) is 14.0 Å². The molecule has 23 heavy (non-hydrogen) atoms. The molecular weight excluding hydrogens is 297 g/mol. The number of hydrogen-bond donors (Lipinski definition) is 1. The Kier molecular flexibility index (Phi) is 5.71. The number of amides is 2. The van der Waals surface area contributed by atoms with E-state index < -0.39 is 5.82 Å². The third-order valence-electron chi connectivity index (χ3n) is 4.34. The second-order valence-electron chi connectivity index (χ2n) is 6.13. The molecule has 0 aromatic heterocycles. The average molecular weight is 321 g/mol. The molecule has 2 rings (SSSR count). The first-order valence-electron chi connectivity index (χ1n) is 7.99. The van der Waals surface area contributed by atoms with Crippen LogP contribution in [0.3, 0.4) is 0 Å². The molecule has 6 heteroatoms. The van der Waals surface area contributed by atoms with Gasteiger partial charge in [0.05, 0.1) is 5.92 Å². The Morgan fingerprint density at radius 1 is 1.13 bits per heavy atom. The number of nitrogens with two attached hydrogens (primary N) is 1. The van der Waals surface area contributed by atoms with Crippen LogP contribution >= 0.6 is 0 Å². The van der Waals surface area contributed by atoms with E-state index in [1.807, 2.05) is 13.8 Å². The standard InChI is InChI=1S/C17H24FN3O2/c1-12(13(2)19)16(22)20-7-4-8-21(10-9-20)17(23)14-5-3-6-15(18)11-14/h3,5-6,11-13H,4,7-10,19H2,1-2H3. The molecule has 5 nitrogen and oxygen atoms in total. The number of halogens is 1. The molecule has 0 spiro atoms. The van der Waals surface area contributed by atoms with Crippen molar-refractivity contribution >= 4 is 11.8 Å². The van der Waals surface area contributed by atoms with Gasteiger partial charge in [0.25, 0.3) is 5.91 Å². The van der Waals surface area contributed by atoms with Crippen molar-refractivity contribution in [3.8, 4) is 0 Å². The fraction of sp³-hybridized carbons (Fsp3) is 0.529. The molecule has 1 heterocycles. The average Bonchev–Trinajstić information content (AvgIpc) is 2.78. The Morgan fingerprint density at radius 2 is 1.78 bits per heavy atom. The van der Waals surface area contributed by atoms with Crippen LogP contribution in [-0.4, -0.2) is 53.8 Å². The van der Waals surface area contributed by atoms with Crippen molar-refractivity contribution in [3.05, 3.63) is 35.6 Å². The molecule has 2 amide bonds. The maximum absolute atomic E-state index is 13.3. The van der Waals surface area contributed by atoms with Crippen LogP contribution in [0.2, 0.25) is 0 Å². The summed E-state index contributed by atoms with van der Waals surface area (Å²) in [5.74, 6) is -0.826. The zero-order valence-corrected chi connectivity index (χ0v) is 13.7. The van der Waals surface area contributed by atoms with E-state index >= 15 is 0 Å². The van der Waals surface area contributed by atoms with E-state index in [0.29, 0.717) is 38.2 Å². The predicted molar refractivity (Wildman–Crippen MR) is 86.3 cm³/mol. The van der Waals surface area contributed by atoms with Crippen molar-refractivity contribution < 1.29 is 14.0 Å². The van der Waals surface area contributed by atoms with Crippen molar-refractivity contribution in [1.29, 1.82) is 0 Å². The van der Waals surface area contributed by atoms with Gasteiger partial charge in [-0.15, -0.1) is 0 Å². The first-order chi connectivity index (χ1) is 10.9. The van der Waals surface area contributed by atoms with Crippen LogP contribution in [0.5, 0.6) is 0 Å². The third-order valence-corrected chi connectivity index (χ3v) is 4.34. The lowest BCUT2D eigenvalue weighted by atomic mass is 10.0. The van der Waals surface area contributed by atoms with Gasteiger partial charge in [-0.25, -0.2) is 4.39 Å². The van der Waals surface area contributed by atoms with E-state index in [2.05, 4.69) is 0 Å². The monoisotopic (exact) mass is 321 g/mol. The summed E-state index contributed by atoms with van der Waals surface area (Å²) in [5, 5.41) is 0. The van der Waals surface area contributed by atoms with Gasteiger partial charge in [-0.1, -0.05) is 13.0 Å². The van der Waals surface area contributed by atoms with Gasteiger partial charge >= 0.3 is 0 Å². The van der Waals surface area contributed by atoms with E-state index in [0.717, 1.165) is 0 Å². The second-order valence-corrected chi connectivity index (χ2v) is 6.13. The molecule has 2 N–H and O–H groups in total. The van der Waals surface area contributed by atoms with E-state index in [1.165, 1.54) is 18.2 Å². The Balaban J connectivity index is 2.01. The molecule has 0 aliphatic carbocycles. The summed E-state index contributed by atoms with van der Waals surface area (Å²) in [6, 6.07) is 5.50. The highest BCUT2D eigenvalue weighted by Crippen LogP contribution is 2.13. The fourth-order valence-corrected chi connectivity index (χ4v) is 2.66. The minimum atomic E-state index is -0.423. The molecule has 1 aromatic rings.